The van der Waals surface area contributed by atoms with Crippen molar-refractivity contribution in [1.82, 2.24) is 10.3 Å². The molecule has 0 saturated carbocycles. The maximum absolute atomic E-state index is 11.2. The molecular weight excluding hydrogens is 348 g/mol. The topological polar surface area (TPSA) is 68.3 Å². The van der Waals surface area contributed by atoms with Gasteiger partial charge in [-0.3, -0.25) is 4.98 Å². The van der Waals surface area contributed by atoms with Gasteiger partial charge in [0.2, 0.25) is 0 Å². The number of unbranched alkanes of at least 4 members (excludes halogenated alkanes) is 1. The molecule has 0 spiro atoms. The highest BCUT2D eigenvalue weighted by atomic mass is 32.2. The highest BCUT2D eigenvalue weighted by molar-refractivity contribution is 7.90. The van der Waals surface area contributed by atoms with E-state index in [1.54, 1.807) is 6.20 Å². The molecule has 3 rings (SSSR count). The van der Waals surface area contributed by atoms with Crippen LogP contribution in [-0.4, -0.2) is 44.6 Å². The molecule has 2 aromatic rings. The van der Waals surface area contributed by atoms with Crippen molar-refractivity contribution in [2.45, 2.75) is 31.7 Å². The molecule has 0 unspecified atom stereocenters. The number of hydrogen-bond acceptors (Lipinski definition) is 5. The Morgan fingerprint density at radius 2 is 2.04 bits per heavy atom. The van der Waals surface area contributed by atoms with Gasteiger partial charge < -0.3 is 10.1 Å². The van der Waals surface area contributed by atoms with E-state index in [2.05, 4.69) is 28.5 Å². The second kappa shape index (κ2) is 8.64. The molecule has 1 N–H and O–H groups in total. The largest absolute Gasteiger partial charge is 0.490 e. The second-order valence-corrected chi connectivity index (χ2v) is 9.21. The number of aromatic nitrogens is 1. The fourth-order valence-corrected chi connectivity index (χ4v) is 3.67. The van der Waals surface area contributed by atoms with Crippen molar-refractivity contribution in [3.05, 3.63) is 48.3 Å². The molecule has 1 aromatic carbocycles. The van der Waals surface area contributed by atoms with Crippen LogP contribution >= 0.6 is 0 Å². The third-order valence-electron chi connectivity index (χ3n) is 4.58. The summed E-state index contributed by atoms with van der Waals surface area (Å²) in [4.78, 5) is 4.30. The Balaban J connectivity index is 1.59. The van der Waals surface area contributed by atoms with Crippen LogP contribution in [0.5, 0.6) is 5.75 Å². The number of sulfone groups is 1. The summed E-state index contributed by atoms with van der Waals surface area (Å²) in [5, 5.41) is 3.32. The average Bonchev–Trinajstić information content (AvgIpc) is 2.57. The molecular formula is C20H26N2O3S. The fourth-order valence-electron chi connectivity index (χ4n) is 2.94. The molecule has 6 heteroatoms. The quantitative estimate of drug-likeness (QED) is 0.684. The minimum absolute atomic E-state index is 0.256. The number of aryl methyl sites for hydroxylation is 1. The first kappa shape index (κ1) is 18.9. The maximum Gasteiger partial charge on any atom is 0.147 e. The normalized spacial score (nSPS) is 16.9. The zero-order valence-corrected chi connectivity index (χ0v) is 16.0. The molecule has 1 aliphatic heterocycles. The Morgan fingerprint density at radius 1 is 1.19 bits per heavy atom. The van der Waals surface area contributed by atoms with Gasteiger partial charge in [-0.15, -0.1) is 0 Å². The van der Waals surface area contributed by atoms with Gasteiger partial charge >= 0.3 is 0 Å². The standard InChI is InChI=1S/C20H26N2O3S/c1-26(23,24)10-3-2-5-16-6-4-7-17(11-16)18-12-20(14-21-13-18)25-15-19-8-9-22-19/h4,6-7,11-14,19,22H,2-3,5,8-10,15H2,1H3/t19-/m0/s1. The summed E-state index contributed by atoms with van der Waals surface area (Å²) < 4.78 is 28.2. The van der Waals surface area contributed by atoms with E-state index in [-0.39, 0.29) is 5.75 Å². The number of rotatable bonds is 9. The lowest BCUT2D eigenvalue weighted by atomic mass is 10.0. The molecule has 1 atom stereocenters. The van der Waals surface area contributed by atoms with Crippen molar-refractivity contribution in [1.29, 1.82) is 0 Å². The third-order valence-corrected chi connectivity index (χ3v) is 5.61. The van der Waals surface area contributed by atoms with Gasteiger partial charge in [0, 0.05) is 29.8 Å². The second-order valence-electron chi connectivity index (χ2n) is 6.95. The first-order valence-electron chi connectivity index (χ1n) is 9.08. The number of nitrogens with one attached hydrogen (secondary N) is 1. The Labute approximate surface area is 155 Å². The van der Waals surface area contributed by atoms with Crippen molar-refractivity contribution in [3.63, 3.8) is 0 Å². The van der Waals surface area contributed by atoms with E-state index in [0.717, 1.165) is 42.7 Å². The van der Waals surface area contributed by atoms with Gasteiger partial charge in [0.05, 0.1) is 6.20 Å². The van der Waals surface area contributed by atoms with Gasteiger partial charge in [-0.1, -0.05) is 24.3 Å². The Bertz CT molecular complexity index is 832. The first-order valence-corrected chi connectivity index (χ1v) is 11.1. The Morgan fingerprint density at radius 3 is 2.77 bits per heavy atom. The summed E-state index contributed by atoms with van der Waals surface area (Å²) in [6.45, 7) is 1.74. The van der Waals surface area contributed by atoms with E-state index < -0.39 is 9.84 Å². The summed E-state index contributed by atoms with van der Waals surface area (Å²) >= 11 is 0. The van der Waals surface area contributed by atoms with Crippen LogP contribution in [0.2, 0.25) is 0 Å². The van der Waals surface area contributed by atoms with Crippen LogP contribution < -0.4 is 10.1 Å². The van der Waals surface area contributed by atoms with Gasteiger partial charge in [0.25, 0.3) is 0 Å². The van der Waals surface area contributed by atoms with Gasteiger partial charge in [-0.25, -0.2) is 8.42 Å². The fraction of sp³-hybridized carbons (Fsp3) is 0.450. The molecule has 1 aromatic heterocycles. The average molecular weight is 375 g/mol. The molecule has 0 radical (unpaired) electrons. The van der Waals surface area contributed by atoms with E-state index >= 15 is 0 Å². The molecule has 0 bridgehead atoms. The van der Waals surface area contributed by atoms with Crippen molar-refractivity contribution >= 4 is 9.84 Å². The van der Waals surface area contributed by atoms with E-state index in [0.29, 0.717) is 19.1 Å². The van der Waals surface area contributed by atoms with Crippen LogP contribution in [0.15, 0.2) is 42.7 Å². The van der Waals surface area contributed by atoms with E-state index in [4.69, 9.17) is 4.74 Å². The predicted molar refractivity (Wildman–Crippen MR) is 104 cm³/mol. The van der Waals surface area contributed by atoms with Gasteiger partial charge in [0.1, 0.15) is 22.2 Å². The number of ether oxygens (including phenoxy) is 1. The van der Waals surface area contributed by atoms with Gasteiger partial charge in [0.15, 0.2) is 0 Å². The Hall–Kier alpha value is -1.92. The van der Waals surface area contributed by atoms with Gasteiger partial charge in [-0.05, 0) is 49.4 Å². The van der Waals surface area contributed by atoms with Crippen LogP contribution in [-0.2, 0) is 16.3 Å². The maximum atomic E-state index is 11.2. The Kier molecular flexibility index (Phi) is 6.27. The molecule has 1 fully saturated rings. The minimum Gasteiger partial charge on any atom is -0.490 e. The summed E-state index contributed by atoms with van der Waals surface area (Å²) in [7, 11) is -2.87. The molecule has 26 heavy (non-hydrogen) atoms. The lowest BCUT2D eigenvalue weighted by molar-refractivity contribution is 0.217. The summed E-state index contributed by atoms with van der Waals surface area (Å²) in [5.41, 5.74) is 3.34. The number of nitrogens with zero attached hydrogens (tertiary/aromatic N) is 1. The predicted octanol–water partition coefficient (Wildman–Crippen LogP) is 2.86. The molecule has 1 aliphatic rings. The van der Waals surface area contributed by atoms with Crippen molar-refractivity contribution < 1.29 is 13.2 Å². The van der Waals surface area contributed by atoms with E-state index in [1.807, 2.05) is 18.3 Å². The highest BCUT2D eigenvalue weighted by Crippen LogP contribution is 2.24. The van der Waals surface area contributed by atoms with Crippen LogP contribution in [0, 0.1) is 0 Å². The molecule has 5 nitrogen and oxygen atoms in total. The van der Waals surface area contributed by atoms with E-state index in [9.17, 15) is 8.42 Å². The highest BCUT2D eigenvalue weighted by Gasteiger charge is 2.16. The zero-order valence-electron chi connectivity index (χ0n) is 15.1. The van der Waals surface area contributed by atoms with Crippen molar-refractivity contribution in [3.8, 4) is 16.9 Å². The van der Waals surface area contributed by atoms with E-state index in [1.165, 1.54) is 11.8 Å². The smallest absolute Gasteiger partial charge is 0.147 e. The molecule has 0 amide bonds. The van der Waals surface area contributed by atoms with Crippen LogP contribution in [0.3, 0.4) is 0 Å². The van der Waals surface area contributed by atoms with Crippen LogP contribution in [0.25, 0.3) is 11.1 Å². The van der Waals surface area contributed by atoms with Crippen molar-refractivity contribution in [2.75, 3.05) is 25.2 Å². The van der Waals surface area contributed by atoms with Crippen molar-refractivity contribution in [2.24, 2.45) is 0 Å². The molecule has 0 aliphatic carbocycles. The lowest BCUT2D eigenvalue weighted by Gasteiger charge is -2.27. The molecule has 2 heterocycles. The SMILES string of the molecule is CS(=O)(=O)CCCCc1cccc(-c2cncc(OC[C@@H]3CCN3)c2)c1. The minimum atomic E-state index is -2.87. The zero-order chi connectivity index (χ0) is 18.4. The van der Waals surface area contributed by atoms with Crippen LogP contribution in [0.1, 0.15) is 24.8 Å². The molecule has 140 valence electrons. The number of benzene rings is 1. The van der Waals surface area contributed by atoms with Gasteiger partial charge in [-0.2, -0.15) is 0 Å². The summed E-state index contributed by atoms with van der Waals surface area (Å²) in [5.74, 6) is 1.04. The number of hydrogen-bond donors (Lipinski definition) is 1. The summed E-state index contributed by atoms with van der Waals surface area (Å²) in [6, 6.07) is 10.8. The monoisotopic (exact) mass is 374 g/mol. The lowest BCUT2D eigenvalue weighted by Crippen LogP contribution is -2.46. The first-order chi connectivity index (χ1) is 12.5. The third kappa shape index (κ3) is 5.81. The number of pyridine rings is 1. The summed E-state index contributed by atoms with van der Waals surface area (Å²) in [6.07, 6.45) is 8.48. The molecule has 1 saturated heterocycles. The van der Waals surface area contributed by atoms with Crippen LogP contribution in [0.4, 0.5) is 0 Å².